The van der Waals surface area contributed by atoms with E-state index in [9.17, 15) is 18.0 Å². The van der Waals surface area contributed by atoms with Gasteiger partial charge in [-0.15, -0.1) is 0 Å². The second-order valence-electron chi connectivity index (χ2n) is 8.50. The summed E-state index contributed by atoms with van der Waals surface area (Å²) < 4.78 is 43.4. The molecular formula is C24H23F3N6O. The standard InChI is InChI=1S/C24H23F3N6O/c1-13-10-15(25)6-7-16(13)20-17-11-29-24(34)33(21-18(26)4-3-5-19(21)27)22(17)31-23(30-20)32-9-8-28-14(2)12-32/h3-7,10,14,28H,8-9,11-12H2,1-2H3,(H,29,34). The van der Waals surface area contributed by atoms with Crippen LogP contribution < -0.4 is 20.4 Å². The number of carbonyl (C=O) groups excluding carboxylic acids is 1. The fraction of sp³-hybridized carbons (Fsp3) is 0.292. The zero-order valence-electron chi connectivity index (χ0n) is 18.7. The average Bonchev–Trinajstić information content (AvgIpc) is 2.79. The third kappa shape index (κ3) is 3.83. The molecule has 0 aliphatic carbocycles. The molecule has 3 aromatic rings. The highest BCUT2D eigenvalue weighted by atomic mass is 19.1. The highest BCUT2D eigenvalue weighted by Crippen LogP contribution is 2.39. The number of benzene rings is 2. The molecule has 1 aromatic heterocycles. The minimum Gasteiger partial charge on any atom is -0.338 e. The number of hydrogen-bond acceptors (Lipinski definition) is 5. The molecule has 34 heavy (non-hydrogen) atoms. The minimum absolute atomic E-state index is 0.0606. The van der Waals surface area contributed by atoms with Gasteiger partial charge in [-0.05, 0) is 49.7 Å². The maximum Gasteiger partial charge on any atom is 0.328 e. The van der Waals surface area contributed by atoms with Crippen LogP contribution in [0.2, 0.25) is 0 Å². The lowest BCUT2D eigenvalue weighted by Gasteiger charge is -2.35. The molecule has 5 rings (SSSR count). The largest absolute Gasteiger partial charge is 0.338 e. The maximum atomic E-state index is 14.8. The topological polar surface area (TPSA) is 73.4 Å². The summed E-state index contributed by atoms with van der Waals surface area (Å²) in [4.78, 5) is 25.2. The van der Waals surface area contributed by atoms with Crippen LogP contribution >= 0.6 is 0 Å². The summed E-state index contributed by atoms with van der Waals surface area (Å²) in [7, 11) is 0. The molecule has 1 atom stereocenters. The van der Waals surface area contributed by atoms with Gasteiger partial charge >= 0.3 is 6.03 Å². The number of para-hydroxylation sites is 1. The van der Waals surface area contributed by atoms with Gasteiger partial charge in [-0.2, -0.15) is 4.98 Å². The summed E-state index contributed by atoms with van der Waals surface area (Å²) in [5.74, 6) is -1.73. The molecule has 10 heteroatoms. The zero-order chi connectivity index (χ0) is 24.0. The summed E-state index contributed by atoms with van der Waals surface area (Å²) in [5, 5.41) is 6.01. The van der Waals surface area contributed by atoms with E-state index in [0.29, 0.717) is 48.0 Å². The number of amides is 2. The Morgan fingerprint density at radius 1 is 1.09 bits per heavy atom. The smallest absolute Gasteiger partial charge is 0.328 e. The second-order valence-corrected chi connectivity index (χ2v) is 8.50. The number of aromatic nitrogens is 2. The van der Waals surface area contributed by atoms with Crippen LogP contribution in [0, 0.1) is 24.4 Å². The van der Waals surface area contributed by atoms with Crippen LogP contribution in [0.5, 0.6) is 0 Å². The molecular weight excluding hydrogens is 445 g/mol. The Kier molecular flexibility index (Phi) is 5.60. The van der Waals surface area contributed by atoms with Crippen LogP contribution in [0.4, 0.5) is 35.4 Å². The molecule has 2 aromatic carbocycles. The number of carbonyl (C=O) groups is 1. The Morgan fingerprint density at radius 3 is 2.56 bits per heavy atom. The van der Waals surface area contributed by atoms with Crippen LogP contribution in [0.1, 0.15) is 18.1 Å². The molecule has 2 aliphatic heterocycles. The summed E-state index contributed by atoms with van der Waals surface area (Å²) in [6.07, 6.45) is 0. The molecule has 1 unspecified atom stereocenters. The average molecular weight is 468 g/mol. The molecule has 2 amide bonds. The van der Waals surface area contributed by atoms with E-state index in [1.165, 1.54) is 18.2 Å². The number of rotatable bonds is 3. The lowest BCUT2D eigenvalue weighted by atomic mass is 10.00. The molecule has 176 valence electrons. The number of aryl methyl sites for hydroxylation is 1. The Bertz CT molecular complexity index is 1260. The molecule has 0 bridgehead atoms. The summed E-state index contributed by atoms with van der Waals surface area (Å²) >= 11 is 0. The van der Waals surface area contributed by atoms with Gasteiger partial charge in [0.25, 0.3) is 0 Å². The highest BCUT2D eigenvalue weighted by molar-refractivity contribution is 6.02. The summed E-state index contributed by atoms with van der Waals surface area (Å²) in [5.41, 5.74) is 1.74. The van der Waals surface area contributed by atoms with E-state index in [1.807, 2.05) is 11.8 Å². The van der Waals surface area contributed by atoms with Crippen molar-refractivity contribution >= 4 is 23.5 Å². The number of halogens is 3. The van der Waals surface area contributed by atoms with Gasteiger partial charge in [-0.3, -0.25) is 0 Å². The van der Waals surface area contributed by atoms with Crippen molar-refractivity contribution in [3.63, 3.8) is 0 Å². The second kappa shape index (κ2) is 8.60. The molecule has 7 nitrogen and oxygen atoms in total. The molecule has 2 N–H and O–H groups in total. The predicted molar refractivity (Wildman–Crippen MR) is 123 cm³/mol. The fourth-order valence-electron chi connectivity index (χ4n) is 4.43. The first-order valence-corrected chi connectivity index (χ1v) is 11.0. The highest BCUT2D eigenvalue weighted by Gasteiger charge is 2.35. The van der Waals surface area contributed by atoms with Crippen LogP contribution in [-0.2, 0) is 6.54 Å². The van der Waals surface area contributed by atoms with E-state index in [-0.39, 0.29) is 24.2 Å². The van der Waals surface area contributed by atoms with Gasteiger partial charge in [0.2, 0.25) is 5.95 Å². The van der Waals surface area contributed by atoms with Crippen molar-refractivity contribution in [3.05, 3.63) is 65.0 Å². The number of anilines is 3. The van der Waals surface area contributed by atoms with E-state index >= 15 is 0 Å². The first-order chi connectivity index (χ1) is 16.3. The Hall–Kier alpha value is -3.66. The number of hydrogen-bond donors (Lipinski definition) is 2. The normalized spacial score (nSPS) is 18.0. The van der Waals surface area contributed by atoms with Gasteiger partial charge in [0.1, 0.15) is 23.1 Å². The van der Waals surface area contributed by atoms with Gasteiger partial charge in [0.05, 0.1) is 12.2 Å². The van der Waals surface area contributed by atoms with Crippen molar-refractivity contribution < 1.29 is 18.0 Å². The minimum atomic E-state index is -0.890. The zero-order valence-corrected chi connectivity index (χ0v) is 18.7. The van der Waals surface area contributed by atoms with Crippen LogP contribution in [0.25, 0.3) is 11.3 Å². The first-order valence-electron chi connectivity index (χ1n) is 11.0. The van der Waals surface area contributed by atoms with Gasteiger partial charge < -0.3 is 15.5 Å². The molecule has 0 spiro atoms. The summed E-state index contributed by atoms with van der Waals surface area (Å²) in [6.45, 7) is 5.79. The molecule has 3 heterocycles. The fourth-order valence-corrected chi connectivity index (χ4v) is 4.43. The van der Waals surface area contributed by atoms with E-state index in [0.717, 1.165) is 17.0 Å². The number of fused-ring (bicyclic) bond motifs is 1. The molecule has 0 radical (unpaired) electrons. The van der Waals surface area contributed by atoms with Crippen molar-refractivity contribution in [1.82, 2.24) is 20.6 Å². The monoisotopic (exact) mass is 468 g/mol. The SMILES string of the molecule is Cc1cc(F)ccc1-c1nc(N2CCNC(C)C2)nc2c1CNC(=O)N2c1c(F)cccc1F. The van der Waals surface area contributed by atoms with E-state index in [1.54, 1.807) is 13.0 Å². The Balaban J connectivity index is 1.76. The summed E-state index contributed by atoms with van der Waals surface area (Å²) in [6, 6.07) is 7.23. The number of piperazine rings is 1. The van der Waals surface area contributed by atoms with Crippen LogP contribution in [0.15, 0.2) is 36.4 Å². The first kappa shape index (κ1) is 22.1. The third-order valence-corrected chi connectivity index (χ3v) is 6.06. The lowest BCUT2D eigenvalue weighted by Crippen LogP contribution is -2.50. The van der Waals surface area contributed by atoms with Gasteiger partial charge in [-0.25, -0.2) is 27.8 Å². The molecule has 2 aliphatic rings. The van der Waals surface area contributed by atoms with Crippen molar-refractivity contribution in [2.45, 2.75) is 26.4 Å². The van der Waals surface area contributed by atoms with E-state index < -0.39 is 23.4 Å². The predicted octanol–water partition coefficient (Wildman–Crippen LogP) is 4.03. The van der Waals surface area contributed by atoms with E-state index in [2.05, 4.69) is 15.6 Å². The van der Waals surface area contributed by atoms with Crippen molar-refractivity contribution in [2.75, 3.05) is 29.4 Å². The van der Waals surface area contributed by atoms with Crippen molar-refractivity contribution in [1.29, 1.82) is 0 Å². The number of nitrogens with zero attached hydrogens (tertiary/aromatic N) is 4. The van der Waals surface area contributed by atoms with E-state index in [4.69, 9.17) is 4.98 Å². The van der Waals surface area contributed by atoms with Gasteiger partial charge in [0, 0.05) is 36.8 Å². The van der Waals surface area contributed by atoms with Crippen LogP contribution in [0.3, 0.4) is 0 Å². The quantitative estimate of drug-likeness (QED) is 0.607. The Morgan fingerprint density at radius 2 is 1.85 bits per heavy atom. The van der Waals surface area contributed by atoms with Gasteiger partial charge in [-0.1, -0.05) is 6.07 Å². The maximum absolute atomic E-state index is 14.8. The lowest BCUT2D eigenvalue weighted by molar-refractivity contribution is 0.246. The van der Waals surface area contributed by atoms with Crippen molar-refractivity contribution in [2.24, 2.45) is 0 Å². The molecule has 0 saturated carbocycles. The third-order valence-electron chi connectivity index (χ3n) is 6.06. The van der Waals surface area contributed by atoms with Gasteiger partial charge in [0.15, 0.2) is 5.82 Å². The van der Waals surface area contributed by atoms with Crippen LogP contribution in [-0.4, -0.2) is 41.7 Å². The van der Waals surface area contributed by atoms with Crippen molar-refractivity contribution in [3.8, 4) is 11.3 Å². The number of nitrogens with one attached hydrogen (secondary N) is 2. The molecule has 1 fully saturated rings. The Labute approximate surface area is 194 Å². The molecule has 1 saturated heterocycles. The number of urea groups is 1.